The molecule has 0 aliphatic carbocycles. The van der Waals surface area contributed by atoms with E-state index in [0.717, 1.165) is 23.6 Å². The number of benzene rings is 2. The lowest BCUT2D eigenvalue weighted by Gasteiger charge is -2.14. The standard InChI is InChI=1S/C18H24N2O3S/c1-3-16(4-2)20-18(21)11-12-19-24(22,23)17-10-9-14-7-5-6-8-15(14)13-17/h5-10,13,16,19H,3-4,11-12H2,1-2H3,(H,20,21). The number of carbonyl (C=O) groups is 1. The summed E-state index contributed by atoms with van der Waals surface area (Å²) >= 11 is 0. The second kappa shape index (κ2) is 8.26. The minimum atomic E-state index is -3.62. The number of hydrogen-bond donors (Lipinski definition) is 2. The zero-order valence-electron chi connectivity index (χ0n) is 14.1. The summed E-state index contributed by atoms with van der Waals surface area (Å²) in [5.41, 5.74) is 0. The normalized spacial score (nSPS) is 11.8. The van der Waals surface area contributed by atoms with Gasteiger partial charge in [0.25, 0.3) is 0 Å². The van der Waals surface area contributed by atoms with Crippen molar-refractivity contribution < 1.29 is 13.2 Å². The van der Waals surface area contributed by atoms with Crippen LogP contribution in [0.2, 0.25) is 0 Å². The predicted molar refractivity (Wildman–Crippen MR) is 96.3 cm³/mol. The molecule has 0 atom stereocenters. The molecule has 5 nitrogen and oxygen atoms in total. The first kappa shape index (κ1) is 18.4. The van der Waals surface area contributed by atoms with Gasteiger partial charge >= 0.3 is 0 Å². The number of hydrogen-bond acceptors (Lipinski definition) is 3. The van der Waals surface area contributed by atoms with E-state index < -0.39 is 10.0 Å². The van der Waals surface area contributed by atoms with Crippen LogP contribution in [0.15, 0.2) is 47.4 Å². The predicted octanol–water partition coefficient (Wildman–Crippen LogP) is 2.81. The zero-order chi connectivity index (χ0) is 17.6. The molecule has 24 heavy (non-hydrogen) atoms. The third-order valence-electron chi connectivity index (χ3n) is 4.03. The summed E-state index contributed by atoms with van der Waals surface area (Å²) in [4.78, 5) is 12.0. The van der Waals surface area contributed by atoms with Gasteiger partial charge in [0.1, 0.15) is 0 Å². The molecule has 2 rings (SSSR count). The molecule has 0 aromatic heterocycles. The highest BCUT2D eigenvalue weighted by atomic mass is 32.2. The van der Waals surface area contributed by atoms with E-state index in [1.807, 2.05) is 38.1 Å². The van der Waals surface area contributed by atoms with Crippen molar-refractivity contribution in [2.24, 2.45) is 0 Å². The van der Waals surface area contributed by atoms with Gasteiger partial charge in [-0.15, -0.1) is 0 Å². The number of amides is 1. The number of carbonyl (C=O) groups excluding carboxylic acids is 1. The van der Waals surface area contributed by atoms with Crippen LogP contribution < -0.4 is 10.0 Å². The second-order valence-corrected chi connectivity index (χ2v) is 7.50. The topological polar surface area (TPSA) is 75.3 Å². The fourth-order valence-electron chi connectivity index (χ4n) is 2.51. The lowest BCUT2D eigenvalue weighted by Crippen LogP contribution is -2.36. The maximum atomic E-state index is 12.3. The highest BCUT2D eigenvalue weighted by molar-refractivity contribution is 7.89. The molecule has 2 aromatic rings. The molecule has 2 N–H and O–H groups in total. The molecule has 6 heteroatoms. The zero-order valence-corrected chi connectivity index (χ0v) is 14.9. The molecule has 1 amide bonds. The van der Waals surface area contributed by atoms with Gasteiger partial charge in [-0.1, -0.05) is 44.2 Å². The van der Waals surface area contributed by atoms with E-state index in [-0.39, 0.29) is 29.8 Å². The minimum absolute atomic E-state index is 0.0845. The number of fused-ring (bicyclic) bond motifs is 1. The van der Waals surface area contributed by atoms with Crippen molar-refractivity contribution in [3.8, 4) is 0 Å². The van der Waals surface area contributed by atoms with Gasteiger partial charge in [-0.3, -0.25) is 4.79 Å². The molecule has 0 bridgehead atoms. The van der Waals surface area contributed by atoms with E-state index in [9.17, 15) is 13.2 Å². The first-order valence-electron chi connectivity index (χ1n) is 8.24. The van der Waals surface area contributed by atoms with E-state index >= 15 is 0 Å². The third-order valence-corrected chi connectivity index (χ3v) is 5.48. The molecular formula is C18H24N2O3S. The second-order valence-electron chi connectivity index (χ2n) is 5.74. The molecule has 0 saturated carbocycles. The Labute approximate surface area is 143 Å². The first-order valence-corrected chi connectivity index (χ1v) is 9.72. The SMILES string of the molecule is CCC(CC)NC(=O)CCNS(=O)(=O)c1ccc2ccccc2c1. The highest BCUT2D eigenvalue weighted by Gasteiger charge is 2.15. The van der Waals surface area contributed by atoms with Gasteiger partial charge in [0.05, 0.1) is 4.90 Å². The van der Waals surface area contributed by atoms with Crippen molar-refractivity contribution in [1.82, 2.24) is 10.0 Å². The molecule has 0 spiro atoms. The first-order chi connectivity index (χ1) is 11.5. The van der Waals surface area contributed by atoms with Crippen molar-refractivity contribution in [2.45, 2.75) is 44.0 Å². The Morgan fingerprint density at radius 2 is 1.71 bits per heavy atom. The summed E-state index contributed by atoms with van der Waals surface area (Å²) < 4.78 is 27.2. The Morgan fingerprint density at radius 3 is 2.38 bits per heavy atom. The van der Waals surface area contributed by atoms with E-state index in [2.05, 4.69) is 10.0 Å². The van der Waals surface area contributed by atoms with Gasteiger partial charge in [0.2, 0.25) is 15.9 Å². The van der Waals surface area contributed by atoms with E-state index in [1.54, 1.807) is 18.2 Å². The van der Waals surface area contributed by atoms with Crippen LogP contribution in [0.5, 0.6) is 0 Å². The molecular weight excluding hydrogens is 324 g/mol. The van der Waals surface area contributed by atoms with Crippen LogP contribution in [-0.4, -0.2) is 26.9 Å². The summed E-state index contributed by atoms with van der Waals surface area (Å²) in [6.45, 7) is 4.11. The van der Waals surface area contributed by atoms with Gasteiger partial charge in [-0.25, -0.2) is 13.1 Å². The summed E-state index contributed by atoms with van der Waals surface area (Å²) in [7, 11) is -3.62. The highest BCUT2D eigenvalue weighted by Crippen LogP contribution is 2.18. The lowest BCUT2D eigenvalue weighted by molar-refractivity contribution is -0.121. The molecule has 0 unspecified atom stereocenters. The van der Waals surface area contributed by atoms with Gasteiger partial charge in [0, 0.05) is 19.0 Å². The van der Waals surface area contributed by atoms with Crippen molar-refractivity contribution in [3.05, 3.63) is 42.5 Å². The molecule has 0 aliphatic rings. The van der Waals surface area contributed by atoms with Crippen LogP contribution in [0, 0.1) is 0 Å². The third kappa shape index (κ3) is 4.79. The lowest BCUT2D eigenvalue weighted by atomic mass is 10.1. The molecule has 0 fully saturated rings. The minimum Gasteiger partial charge on any atom is -0.353 e. The Kier molecular flexibility index (Phi) is 6.34. The molecule has 0 saturated heterocycles. The summed E-state index contributed by atoms with van der Waals surface area (Å²) in [6.07, 6.45) is 1.86. The maximum absolute atomic E-state index is 12.3. The van der Waals surface area contributed by atoms with E-state index in [1.165, 1.54) is 0 Å². The smallest absolute Gasteiger partial charge is 0.240 e. The maximum Gasteiger partial charge on any atom is 0.240 e. The van der Waals surface area contributed by atoms with Crippen LogP contribution in [0.3, 0.4) is 0 Å². The quantitative estimate of drug-likeness (QED) is 0.770. The van der Waals surface area contributed by atoms with Crippen LogP contribution >= 0.6 is 0 Å². The largest absolute Gasteiger partial charge is 0.353 e. The van der Waals surface area contributed by atoms with Crippen LogP contribution in [-0.2, 0) is 14.8 Å². The average molecular weight is 348 g/mol. The fourth-order valence-corrected chi connectivity index (χ4v) is 3.58. The summed E-state index contributed by atoms with van der Waals surface area (Å²) in [5.74, 6) is -0.134. The Hall–Kier alpha value is -1.92. The van der Waals surface area contributed by atoms with Crippen LogP contribution in [0.25, 0.3) is 10.8 Å². The van der Waals surface area contributed by atoms with Crippen molar-refractivity contribution in [2.75, 3.05) is 6.54 Å². The molecule has 0 aliphatic heterocycles. The van der Waals surface area contributed by atoms with Gasteiger partial charge in [0.15, 0.2) is 0 Å². The Morgan fingerprint density at radius 1 is 1.04 bits per heavy atom. The summed E-state index contributed by atoms with van der Waals surface area (Å²) in [5, 5.41) is 4.75. The molecule has 2 aromatic carbocycles. The number of nitrogens with one attached hydrogen (secondary N) is 2. The van der Waals surface area contributed by atoms with Gasteiger partial charge in [-0.2, -0.15) is 0 Å². The van der Waals surface area contributed by atoms with Gasteiger partial charge in [-0.05, 0) is 35.7 Å². The summed E-state index contributed by atoms with van der Waals surface area (Å²) in [6, 6.07) is 12.7. The monoisotopic (exact) mass is 348 g/mol. The Balaban J connectivity index is 1.96. The number of rotatable bonds is 8. The average Bonchev–Trinajstić information content (AvgIpc) is 2.59. The number of sulfonamides is 1. The molecule has 130 valence electrons. The fraction of sp³-hybridized carbons (Fsp3) is 0.389. The van der Waals surface area contributed by atoms with Gasteiger partial charge < -0.3 is 5.32 Å². The van der Waals surface area contributed by atoms with E-state index in [4.69, 9.17) is 0 Å². The molecule has 0 heterocycles. The van der Waals surface area contributed by atoms with Crippen LogP contribution in [0.1, 0.15) is 33.1 Å². The Bertz CT molecular complexity index is 799. The van der Waals surface area contributed by atoms with Crippen LogP contribution in [0.4, 0.5) is 0 Å². The molecule has 0 radical (unpaired) electrons. The van der Waals surface area contributed by atoms with Crippen molar-refractivity contribution in [3.63, 3.8) is 0 Å². The van der Waals surface area contributed by atoms with Crippen molar-refractivity contribution in [1.29, 1.82) is 0 Å². The van der Waals surface area contributed by atoms with Crippen molar-refractivity contribution >= 4 is 26.7 Å². The van der Waals surface area contributed by atoms with E-state index in [0.29, 0.717) is 0 Å².